The molecule has 0 saturated carbocycles. The van der Waals surface area contributed by atoms with Crippen molar-refractivity contribution in [2.45, 2.75) is 13.8 Å². The third-order valence-electron chi connectivity index (χ3n) is 3.31. The third kappa shape index (κ3) is 5.50. The minimum absolute atomic E-state index is 0.0757. The van der Waals surface area contributed by atoms with Crippen LogP contribution in [0.15, 0.2) is 48.5 Å². The zero-order chi connectivity index (χ0) is 17.4. The Labute approximate surface area is 143 Å². The molecule has 2 aromatic rings. The number of carbonyl (C=O) groups excluding carboxylic acids is 1. The molecule has 0 fully saturated rings. The van der Waals surface area contributed by atoms with Gasteiger partial charge in [0.05, 0.1) is 7.11 Å². The average Bonchev–Trinajstić information content (AvgIpc) is 2.59. The molecule has 2 N–H and O–H groups in total. The van der Waals surface area contributed by atoms with Gasteiger partial charge in [-0.1, -0.05) is 26.0 Å². The van der Waals surface area contributed by atoms with E-state index in [4.69, 9.17) is 9.47 Å². The van der Waals surface area contributed by atoms with Crippen molar-refractivity contribution in [2.75, 3.05) is 30.9 Å². The Balaban J connectivity index is 1.83. The Morgan fingerprint density at radius 2 is 1.62 bits per heavy atom. The maximum absolute atomic E-state index is 12.0. The fourth-order valence-electron chi connectivity index (χ4n) is 2.07. The molecule has 0 aliphatic carbocycles. The summed E-state index contributed by atoms with van der Waals surface area (Å²) >= 11 is 0. The van der Waals surface area contributed by atoms with Crippen LogP contribution >= 0.6 is 0 Å². The lowest BCUT2D eigenvalue weighted by atomic mass is 10.2. The van der Waals surface area contributed by atoms with Crippen molar-refractivity contribution in [1.82, 2.24) is 0 Å². The summed E-state index contributed by atoms with van der Waals surface area (Å²) in [4.78, 5) is 12.0. The highest BCUT2D eigenvalue weighted by atomic mass is 16.5. The number of hydrogen-bond acceptors (Lipinski definition) is 4. The van der Waals surface area contributed by atoms with Crippen LogP contribution in [-0.4, -0.2) is 26.2 Å². The van der Waals surface area contributed by atoms with Crippen LogP contribution in [0, 0.1) is 5.92 Å². The first-order valence-corrected chi connectivity index (χ1v) is 7.98. The lowest BCUT2D eigenvalue weighted by Crippen LogP contribution is -2.20. The molecule has 0 spiro atoms. The summed E-state index contributed by atoms with van der Waals surface area (Å²) < 4.78 is 10.7. The Bertz CT molecular complexity index is 654. The smallest absolute Gasteiger partial charge is 0.262 e. The zero-order valence-electron chi connectivity index (χ0n) is 14.3. The number of hydrogen-bond donors (Lipinski definition) is 2. The fraction of sp³-hybridized carbons (Fsp3) is 0.316. The summed E-state index contributed by atoms with van der Waals surface area (Å²) in [6.45, 7) is 5.15. The standard InChI is InChI=1S/C19H24N2O3/c1-14(2)12-20-15-8-10-16(11-9-15)21-19(22)13-24-18-7-5-4-6-17(18)23-3/h4-11,14,20H,12-13H2,1-3H3,(H,21,22). The molecule has 2 aromatic carbocycles. The molecule has 1 amide bonds. The van der Waals surface area contributed by atoms with Gasteiger partial charge in [0.1, 0.15) is 0 Å². The van der Waals surface area contributed by atoms with Gasteiger partial charge in [-0.3, -0.25) is 4.79 Å². The van der Waals surface area contributed by atoms with Gasteiger partial charge in [-0.25, -0.2) is 0 Å². The molecule has 2 rings (SSSR count). The van der Waals surface area contributed by atoms with E-state index in [2.05, 4.69) is 24.5 Å². The number of amides is 1. The number of nitrogens with one attached hydrogen (secondary N) is 2. The molecule has 0 saturated heterocycles. The Kier molecular flexibility index (Phi) is 6.49. The predicted octanol–water partition coefficient (Wildman–Crippen LogP) is 3.78. The van der Waals surface area contributed by atoms with Crippen molar-refractivity contribution < 1.29 is 14.3 Å². The molecule has 0 bridgehead atoms. The molecule has 24 heavy (non-hydrogen) atoms. The number of carbonyl (C=O) groups is 1. The van der Waals surface area contributed by atoms with E-state index < -0.39 is 0 Å². The maximum atomic E-state index is 12.0. The van der Waals surface area contributed by atoms with Gasteiger partial charge in [0.25, 0.3) is 5.91 Å². The van der Waals surface area contributed by atoms with Gasteiger partial charge >= 0.3 is 0 Å². The monoisotopic (exact) mass is 328 g/mol. The van der Waals surface area contributed by atoms with E-state index in [-0.39, 0.29) is 12.5 Å². The van der Waals surface area contributed by atoms with Crippen LogP contribution in [0.3, 0.4) is 0 Å². The van der Waals surface area contributed by atoms with Crippen LogP contribution < -0.4 is 20.1 Å². The predicted molar refractivity (Wildman–Crippen MR) is 96.9 cm³/mol. The van der Waals surface area contributed by atoms with Gasteiger partial charge in [0.2, 0.25) is 0 Å². The number of methoxy groups -OCH3 is 1. The SMILES string of the molecule is COc1ccccc1OCC(=O)Nc1ccc(NCC(C)C)cc1. The van der Waals surface area contributed by atoms with Gasteiger partial charge < -0.3 is 20.1 Å². The summed E-state index contributed by atoms with van der Waals surface area (Å²) in [5, 5.41) is 6.14. The summed E-state index contributed by atoms with van der Waals surface area (Å²) in [6, 6.07) is 14.8. The van der Waals surface area contributed by atoms with Crippen molar-refractivity contribution in [3.8, 4) is 11.5 Å². The van der Waals surface area contributed by atoms with E-state index in [9.17, 15) is 4.79 Å². The molecule has 0 aliphatic rings. The van der Waals surface area contributed by atoms with E-state index in [0.717, 1.165) is 17.9 Å². The van der Waals surface area contributed by atoms with Crippen LogP contribution in [0.4, 0.5) is 11.4 Å². The zero-order valence-corrected chi connectivity index (χ0v) is 14.3. The first-order valence-electron chi connectivity index (χ1n) is 7.98. The maximum Gasteiger partial charge on any atom is 0.262 e. The highest BCUT2D eigenvalue weighted by Gasteiger charge is 2.07. The molecule has 5 nitrogen and oxygen atoms in total. The van der Waals surface area contributed by atoms with Crippen LogP contribution in [0.25, 0.3) is 0 Å². The summed E-state index contributed by atoms with van der Waals surface area (Å²) in [5.74, 6) is 1.51. The molecular weight excluding hydrogens is 304 g/mol. The number of rotatable bonds is 8. The number of anilines is 2. The topological polar surface area (TPSA) is 59.6 Å². The van der Waals surface area contributed by atoms with Gasteiger partial charge in [-0.15, -0.1) is 0 Å². The van der Waals surface area contributed by atoms with Crippen molar-refractivity contribution in [2.24, 2.45) is 5.92 Å². The Morgan fingerprint density at radius 3 is 2.25 bits per heavy atom. The molecule has 5 heteroatoms. The summed E-state index contributed by atoms with van der Waals surface area (Å²) in [5.41, 5.74) is 1.77. The second kappa shape index (κ2) is 8.82. The third-order valence-corrected chi connectivity index (χ3v) is 3.31. The summed E-state index contributed by atoms with van der Waals surface area (Å²) in [6.07, 6.45) is 0. The second-order valence-corrected chi connectivity index (χ2v) is 5.84. The lowest BCUT2D eigenvalue weighted by molar-refractivity contribution is -0.118. The minimum Gasteiger partial charge on any atom is -0.493 e. The van der Waals surface area contributed by atoms with Crippen LogP contribution in [-0.2, 0) is 4.79 Å². The minimum atomic E-state index is -0.219. The number of para-hydroxylation sites is 2. The molecule has 0 radical (unpaired) electrons. The van der Waals surface area contributed by atoms with E-state index in [1.54, 1.807) is 19.2 Å². The highest BCUT2D eigenvalue weighted by Crippen LogP contribution is 2.25. The second-order valence-electron chi connectivity index (χ2n) is 5.84. The number of benzene rings is 2. The Hall–Kier alpha value is -2.69. The van der Waals surface area contributed by atoms with Crippen LogP contribution in [0.5, 0.6) is 11.5 Å². The summed E-state index contributed by atoms with van der Waals surface area (Å²) in [7, 11) is 1.57. The van der Waals surface area contributed by atoms with Gasteiger partial charge in [-0.2, -0.15) is 0 Å². The number of ether oxygens (including phenoxy) is 2. The van der Waals surface area contributed by atoms with Crippen molar-refractivity contribution >= 4 is 17.3 Å². The van der Waals surface area contributed by atoms with Crippen molar-refractivity contribution in [3.05, 3.63) is 48.5 Å². The molecule has 0 unspecified atom stereocenters. The van der Waals surface area contributed by atoms with E-state index in [1.807, 2.05) is 36.4 Å². The van der Waals surface area contributed by atoms with Crippen LogP contribution in [0.2, 0.25) is 0 Å². The largest absolute Gasteiger partial charge is 0.493 e. The van der Waals surface area contributed by atoms with E-state index in [1.165, 1.54) is 0 Å². The first-order chi connectivity index (χ1) is 11.6. The molecule has 0 atom stereocenters. The lowest BCUT2D eigenvalue weighted by Gasteiger charge is -2.11. The molecular formula is C19H24N2O3. The average molecular weight is 328 g/mol. The molecule has 0 aliphatic heterocycles. The van der Waals surface area contributed by atoms with Crippen LogP contribution in [0.1, 0.15) is 13.8 Å². The fourth-order valence-corrected chi connectivity index (χ4v) is 2.07. The van der Waals surface area contributed by atoms with E-state index in [0.29, 0.717) is 17.4 Å². The molecule has 0 aromatic heterocycles. The Morgan fingerprint density at radius 1 is 1.00 bits per heavy atom. The molecule has 0 heterocycles. The highest BCUT2D eigenvalue weighted by molar-refractivity contribution is 5.92. The van der Waals surface area contributed by atoms with Gasteiger partial charge in [0, 0.05) is 17.9 Å². The van der Waals surface area contributed by atoms with Gasteiger partial charge in [-0.05, 0) is 42.3 Å². The normalized spacial score (nSPS) is 10.3. The van der Waals surface area contributed by atoms with E-state index >= 15 is 0 Å². The van der Waals surface area contributed by atoms with Crippen molar-refractivity contribution in [3.63, 3.8) is 0 Å². The van der Waals surface area contributed by atoms with Gasteiger partial charge in [0.15, 0.2) is 18.1 Å². The molecule has 128 valence electrons. The van der Waals surface area contributed by atoms with Crippen molar-refractivity contribution in [1.29, 1.82) is 0 Å². The quantitative estimate of drug-likeness (QED) is 0.774. The first kappa shape index (κ1) is 17.7.